The van der Waals surface area contributed by atoms with E-state index in [0.717, 1.165) is 5.56 Å². The normalized spacial score (nSPS) is 20.4. The van der Waals surface area contributed by atoms with E-state index in [1.165, 1.54) is 5.06 Å². The molecule has 9 heteroatoms. The first-order chi connectivity index (χ1) is 15.2. The summed E-state index contributed by atoms with van der Waals surface area (Å²) in [5.74, 6) is -0.585. The highest BCUT2D eigenvalue weighted by molar-refractivity contribution is 5.88. The van der Waals surface area contributed by atoms with Crippen molar-refractivity contribution in [3.8, 4) is 0 Å². The highest BCUT2D eigenvalue weighted by Crippen LogP contribution is 2.30. The van der Waals surface area contributed by atoms with Crippen molar-refractivity contribution in [3.05, 3.63) is 35.9 Å². The number of nitrogens with zero attached hydrogens (tertiary/aromatic N) is 2. The zero-order chi connectivity index (χ0) is 23.1. The van der Waals surface area contributed by atoms with E-state index < -0.39 is 11.6 Å². The lowest BCUT2D eigenvalue weighted by Gasteiger charge is -2.28. The molecule has 1 unspecified atom stereocenters. The van der Waals surface area contributed by atoms with Gasteiger partial charge in [-0.25, -0.2) is 10.3 Å². The summed E-state index contributed by atoms with van der Waals surface area (Å²) in [4.78, 5) is 49.6. The molecule has 3 rings (SSSR count). The molecule has 0 radical (unpaired) electrons. The lowest BCUT2D eigenvalue weighted by molar-refractivity contribution is -0.155. The number of carbonyl (C=O) groups is 3. The van der Waals surface area contributed by atoms with Crippen molar-refractivity contribution in [2.24, 2.45) is 0 Å². The number of hydrogen-bond donors (Lipinski definition) is 1. The van der Waals surface area contributed by atoms with Crippen molar-refractivity contribution in [1.29, 1.82) is 0 Å². The maximum absolute atomic E-state index is 12.8. The van der Waals surface area contributed by atoms with E-state index >= 15 is 0 Å². The Morgan fingerprint density at radius 3 is 2.59 bits per heavy atom. The van der Waals surface area contributed by atoms with E-state index in [4.69, 9.17) is 14.4 Å². The Morgan fingerprint density at radius 1 is 1.12 bits per heavy atom. The predicted molar refractivity (Wildman–Crippen MR) is 116 cm³/mol. The number of unbranched alkanes of at least 4 members (excludes halogenated alkanes) is 1. The van der Waals surface area contributed by atoms with Crippen LogP contribution in [0.15, 0.2) is 30.3 Å². The van der Waals surface area contributed by atoms with Gasteiger partial charge in [-0.2, -0.15) is 5.06 Å². The Kier molecular flexibility index (Phi) is 8.09. The van der Waals surface area contributed by atoms with Gasteiger partial charge in [0.25, 0.3) is 5.91 Å². The first-order valence-corrected chi connectivity index (χ1v) is 11.1. The fraction of sp³-hybridized carbons (Fsp3) is 0.609. The molecule has 2 fully saturated rings. The Hall–Kier alpha value is -2.65. The monoisotopic (exact) mass is 447 g/mol. The summed E-state index contributed by atoms with van der Waals surface area (Å²) in [6.07, 6.45) is 2.75. The molecular weight excluding hydrogens is 414 g/mol. The number of piperidine rings is 1. The molecule has 0 aromatic heterocycles. The lowest BCUT2D eigenvalue weighted by Crippen LogP contribution is -2.49. The van der Waals surface area contributed by atoms with Crippen LogP contribution in [0.4, 0.5) is 4.79 Å². The maximum Gasteiger partial charge on any atom is 0.345 e. The number of amides is 3. The molecule has 1 aromatic carbocycles. The minimum Gasteiger partial charge on any atom is -0.460 e. The first kappa shape index (κ1) is 24.0. The van der Waals surface area contributed by atoms with Gasteiger partial charge in [-0.05, 0) is 52.0 Å². The van der Waals surface area contributed by atoms with Gasteiger partial charge >= 0.3 is 12.0 Å². The second-order valence-corrected chi connectivity index (χ2v) is 9.13. The molecule has 2 aliphatic heterocycles. The molecule has 1 aromatic rings. The van der Waals surface area contributed by atoms with Crippen LogP contribution in [0.2, 0.25) is 0 Å². The molecule has 32 heavy (non-hydrogen) atoms. The van der Waals surface area contributed by atoms with Crippen LogP contribution in [0, 0.1) is 0 Å². The zero-order valence-corrected chi connectivity index (χ0v) is 19.0. The number of benzene rings is 1. The molecule has 2 saturated heterocycles. The van der Waals surface area contributed by atoms with E-state index in [9.17, 15) is 14.4 Å². The number of ether oxygens (including phenoxy) is 1. The summed E-state index contributed by atoms with van der Waals surface area (Å²) in [7, 11) is 0. The standard InChI is InChI=1S/C23H33N3O6/c1-23(2,3)32-20(27)11-7-8-14-30-24-21(28)19-13-12-18-15-25(19)22(29)26(18)31-16-17-9-5-4-6-10-17/h4-6,9-10,18-19H,7-8,11-16H2,1-3H3,(H,24,28)/t18-,19?/m1/s1. The van der Waals surface area contributed by atoms with Crippen LogP contribution in [0.3, 0.4) is 0 Å². The van der Waals surface area contributed by atoms with Crippen LogP contribution < -0.4 is 5.48 Å². The van der Waals surface area contributed by atoms with E-state index in [2.05, 4.69) is 5.48 Å². The van der Waals surface area contributed by atoms with Crippen molar-refractivity contribution in [1.82, 2.24) is 15.4 Å². The SMILES string of the molecule is CC(C)(C)OC(=O)CCCCONC(=O)C1CC[C@@H]2CN1C(=O)N2OCc1ccccc1. The average Bonchev–Trinajstić information content (AvgIpc) is 2.98. The van der Waals surface area contributed by atoms with Gasteiger partial charge in [0.2, 0.25) is 0 Å². The lowest BCUT2D eigenvalue weighted by atomic mass is 10.0. The fourth-order valence-electron chi connectivity index (χ4n) is 3.82. The summed E-state index contributed by atoms with van der Waals surface area (Å²) in [5.41, 5.74) is 2.93. The van der Waals surface area contributed by atoms with Gasteiger partial charge in [0.15, 0.2) is 0 Å². The van der Waals surface area contributed by atoms with Gasteiger partial charge in [-0.3, -0.25) is 19.3 Å². The summed E-state index contributed by atoms with van der Waals surface area (Å²) in [6.45, 7) is 6.54. The topological polar surface area (TPSA) is 97.4 Å². The largest absolute Gasteiger partial charge is 0.460 e. The summed E-state index contributed by atoms with van der Waals surface area (Å²) in [6, 6.07) is 8.72. The van der Waals surface area contributed by atoms with Crippen LogP contribution in [0.25, 0.3) is 0 Å². The number of hydrogen-bond acceptors (Lipinski definition) is 6. The third-order valence-electron chi connectivity index (χ3n) is 5.31. The third kappa shape index (κ3) is 6.67. The molecule has 3 amide bonds. The molecule has 9 nitrogen and oxygen atoms in total. The van der Waals surface area contributed by atoms with Crippen molar-refractivity contribution < 1.29 is 28.8 Å². The number of esters is 1. The van der Waals surface area contributed by atoms with Crippen LogP contribution in [-0.4, -0.2) is 58.7 Å². The summed E-state index contributed by atoms with van der Waals surface area (Å²) < 4.78 is 5.25. The summed E-state index contributed by atoms with van der Waals surface area (Å²) >= 11 is 0. The first-order valence-electron chi connectivity index (χ1n) is 11.1. The van der Waals surface area contributed by atoms with E-state index in [0.29, 0.717) is 45.3 Å². The minimum atomic E-state index is -0.578. The highest BCUT2D eigenvalue weighted by atomic mass is 16.7. The Bertz CT molecular complexity index is 795. The van der Waals surface area contributed by atoms with Crippen molar-refractivity contribution in [2.75, 3.05) is 13.2 Å². The Balaban J connectivity index is 1.36. The van der Waals surface area contributed by atoms with Gasteiger partial charge in [0.05, 0.1) is 12.6 Å². The fourth-order valence-corrected chi connectivity index (χ4v) is 3.82. The maximum atomic E-state index is 12.8. The van der Waals surface area contributed by atoms with E-state index in [-0.39, 0.29) is 30.6 Å². The second kappa shape index (κ2) is 10.8. The van der Waals surface area contributed by atoms with Crippen LogP contribution in [0.1, 0.15) is 58.4 Å². The van der Waals surface area contributed by atoms with Crippen molar-refractivity contribution in [3.63, 3.8) is 0 Å². The molecule has 2 aliphatic rings. The second-order valence-electron chi connectivity index (χ2n) is 9.13. The predicted octanol–water partition coefficient (Wildman–Crippen LogP) is 2.95. The average molecular weight is 448 g/mol. The summed E-state index contributed by atoms with van der Waals surface area (Å²) in [5, 5.41) is 1.40. The van der Waals surface area contributed by atoms with Crippen LogP contribution >= 0.6 is 0 Å². The van der Waals surface area contributed by atoms with Crippen molar-refractivity contribution in [2.45, 2.75) is 77.2 Å². The van der Waals surface area contributed by atoms with E-state index in [1.807, 2.05) is 51.1 Å². The number of urea groups is 1. The number of rotatable bonds is 10. The van der Waals surface area contributed by atoms with Gasteiger partial charge in [-0.15, -0.1) is 0 Å². The highest BCUT2D eigenvalue weighted by Gasteiger charge is 2.48. The molecule has 2 bridgehead atoms. The molecular formula is C23H33N3O6. The van der Waals surface area contributed by atoms with Crippen LogP contribution in [0.5, 0.6) is 0 Å². The molecule has 176 valence electrons. The Labute approximate surface area is 188 Å². The molecule has 0 saturated carbocycles. The zero-order valence-electron chi connectivity index (χ0n) is 19.0. The molecule has 2 heterocycles. The third-order valence-corrected chi connectivity index (χ3v) is 5.31. The minimum absolute atomic E-state index is 0.0518. The molecule has 2 atom stereocenters. The molecule has 1 N–H and O–H groups in total. The Morgan fingerprint density at radius 2 is 1.88 bits per heavy atom. The molecule has 0 aliphatic carbocycles. The van der Waals surface area contributed by atoms with Crippen molar-refractivity contribution >= 4 is 17.9 Å². The van der Waals surface area contributed by atoms with E-state index in [1.54, 1.807) is 4.90 Å². The van der Waals surface area contributed by atoms with Gasteiger partial charge in [-0.1, -0.05) is 30.3 Å². The smallest absolute Gasteiger partial charge is 0.345 e. The van der Waals surface area contributed by atoms with Crippen LogP contribution in [-0.2, 0) is 30.6 Å². The number of fused-ring (bicyclic) bond motifs is 2. The quantitative estimate of drug-likeness (QED) is 0.336. The number of nitrogens with one attached hydrogen (secondary N) is 1. The van der Waals surface area contributed by atoms with Gasteiger partial charge < -0.3 is 9.64 Å². The van der Waals surface area contributed by atoms with Gasteiger partial charge in [0, 0.05) is 13.0 Å². The van der Waals surface area contributed by atoms with Gasteiger partial charge in [0.1, 0.15) is 18.2 Å². The molecule has 0 spiro atoms. The number of carbonyl (C=O) groups excluding carboxylic acids is 3. The number of hydroxylamine groups is 3.